The molecule has 2 atom stereocenters. The average Bonchev–Trinajstić information content (AvgIpc) is 3.04. The molecule has 2 aliphatic rings. The summed E-state index contributed by atoms with van der Waals surface area (Å²) in [6.45, 7) is 0. The van der Waals surface area contributed by atoms with Crippen molar-refractivity contribution in [3.63, 3.8) is 0 Å². The molecule has 0 spiro atoms. The normalized spacial score (nSPS) is 21.0. The molecule has 0 amide bonds. The van der Waals surface area contributed by atoms with Crippen molar-refractivity contribution in [1.29, 1.82) is 0 Å². The van der Waals surface area contributed by atoms with E-state index in [1.165, 1.54) is 0 Å². The molecular weight excluding hydrogens is 328 g/mol. The van der Waals surface area contributed by atoms with Gasteiger partial charge in [0.1, 0.15) is 17.7 Å². The van der Waals surface area contributed by atoms with E-state index in [0.717, 1.165) is 5.56 Å². The van der Waals surface area contributed by atoms with Crippen molar-refractivity contribution in [1.82, 2.24) is 4.90 Å². The molecule has 4 rings (SSSR count). The first kappa shape index (κ1) is 16.0. The lowest BCUT2D eigenvalue weighted by molar-refractivity contribution is -0.429. The van der Waals surface area contributed by atoms with Gasteiger partial charge in [-0.3, -0.25) is 14.9 Å². The van der Waals surface area contributed by atoms with Crippen LogP contribution in [0.4, 0.5) is 0 Å². The molecule has 2 aromatic rings. The highest BCUT2D eigenvalue weighted by Crippen LogP contribution is 2.44. The van der Waals surface area contributed by atoms with Crippen LogP contribution in [0.5, 0.6) is 0 Å². The van der Waals surface area contributed by atoms with Crippen molar-refractivity contribution in [2.75, 3.05) is 0 Å². The first-order valence-electron chi connectivity index (χ1n) is 8.34. The Bertz CT molecular complexity index is 946. The molecule has 2 heterocycles. The van der Waals surface area contributed by atoms with Gasteiger partial charge in [-0.05, 0) is 17.7 Å². The molecule has 0 aliphatic carbocycles. The fourth-order valence-electron chi connectivity index (χ4n) is 3.64. The fourth-order valence-corrected chi connectivity index (χ4v) is 3.64. The maximum atomic E-state index is 13.3. The summed E-state index contributed by atoms with van der Waals surface area (Å²) in [6, 6.07) is 17.5. The lowest BCUT2D eigenvalue weighted by atomic mass is 9.86. The number of hydrogen-bond donors (Lipinski definition) is 0. The Morgan fingerprint density at radius 1 is 0.962 bits per heavy atom. The van der Waals surface area contributed by atoms with Gasteiger partial charge in [0.25, 0.3) is 5.70 Å². The first-order chi connectivity index (χ1) is 12.7. The summed E-state index contributed by atoms with van der Waals surface area (Å²) in [4.78, 5) is 26.6. The van der Waals surface area contributed by atoms with Gasteiger partial charge in [-0.25, -0.2) is 0 Å². The van der Waals surface area contributed by atoms with E-state index in [-0.39, 0.29) is 16.4 Å². The molecule has 0 aromatic heterocycles. The van der Waals surface area contributed by atoms with Crippen LogP contribution in [0.25, 0.3) is 0 Å². The van der Waals surface area contributed by atoms with E-state index in [9.17, 15) is 14.9 Å². The van der Waals surface area contributed by atoms with Crippen LogP contribution in [-0.4, -0.2) is 21.6 Å². The Morgan fingerprint density at radius 3 is 2.27 bits per heavy atom. The van der Waals surface area contributed by atoms with Crippen LogP contribution in [-0.2, 0) is 0 Å². The van der Waals surface area contributed by atoms with Crippen molar-refractivity contribution in [3.8, 4) is 0 Å². The van der Waals surface area contributed by atoms with Crippen molar-refractivity contribution in [2.45, 2.75) is 12.0 Å². The Labute approximate surface area is 150 Å². The molecular formula is C21H16N2O3. The molecule has 26 heavy (non-hydrogen) atoms. The zero-order valence-electron chi connectivity index (χ0n) is 13.9. The molecule has 5 nitrogen and oxygen atoms in total. The van der Waals surface area contributed by atoms with Gasteiger partial charge >= 0.3 is 0 Å². The summed E-state index contributed by atoms with van der Waals surface area (Å²) >= 11 is 0. The first-order valence-corrected chi connectivity index (χ1v) is 8.34. The van der Waals surface area contributed by atoms with E-state index in [0.29, 0.717) is 11.3 Å². The summed E-state index contributed by atoms with van der Waals surface area (Å²) < 4.78 is 0. The number of fused-ring (bicyclic) bond motifs is 1. The summed E-state index contributed by atoms with van der Waals surface area (Å²) in [7, 11) is 0. The second-order valence-corrected chi connectivity index (χ2v) is 6.20. The van der Waals surface area contributed by atoms with Gasteiger partial charge in [0.05, 0.1) is 4.92 Å². The second-order valence-electron chi connectivity index (χ2n) is 6.20. The molecule has 5 heteroatoms. The largest absolute Gasteiger partial charge is 0.331 e. The predicted octanol–water partition coefficient (Wildman–Crippen LogP) is 3.91. The molecule has 0 fully saturated rings. The Morgan fingerprint density at radius 2 is 1.62 bits per heavy atom. The third-order valence-electron chi connectivity index (χ3n) is 4.74. The number of nitro groups is 1. The van der Waals surface area contributed by atoms with Crippen LogP contribution >= 0.6 is 0 Å². The maximum Gasteiger partial charge on any atom is 0.279 e. The standard InChI is InChI=1S/C21H16N2O3/c24-21(16-11-5-2-6-12-16)20-18(15-9-3-1-4-10-15)19(23(25)26)17-13-7-8-14-22(17)20/h1-14,18,20H. The minimum atomic E-state index is -0.684. The highest BCUT2D eigenvalue weighted by atomic mass is 16.6. The summed E-state index contributed by atoms with van der Waals surface area (Å²) in [5.41, 5.74) is 1.84. The maximum absolute atomic E-state index is 13.3. The van der Waals surface area contributed by atoms with Gasteiger partial charge in [0.2, 0.25) is 0 Å². The van der Waals surface area contributed by atoms with Crippen molar-refractivity contribution in [3.05, 3.63) is 118 Å². The summed E-state index contributed by atoms with van der Waals surface area (Å²) in [5, 5.41) is 11.9. The van der Waals surface area contributed by atoms with E-state index >= 15 is 0 Å². The summed E-state index contributed by atoms with van der Waals surface area (Å²) in [6.07, 6.45) is 6.99. The number of Topliss-reactive ketones (excluding diaryl/α,β-unsaturated/α-hetero) is 1. The van der Waals surface area contributed by atoms with Gasteiger partial charge in [-0.2, -0.15) is 0 Å². The van der Waals surface area contributed by atoms with Crippen molar-refractivity contribution < 1.29 is 9.72 Å². The number of allylic oxidation sites excluding steroid dienone is 3. The number of rotatable bonds is 4. The van der Waals surface area contributed by atoms with E-state index < -0.39 is 12.0 Å². The van der Waals surface area contributed by atoms with Gasteiger partial charge in [-0.15, -0.1) is 0 Å². The topological polar surface area (TPSA) is 63.4 Å². The molecule has 0 saturated carbocycles. The zero-order chi connectivity index (χ0) is 18.1. The van der Waals surface area contributed by atoms with E-state index in [2.05, 4.69) is 0 Å². The number of hydrogen-bond acceptors (Lipinski definition) is 4. The third-order valence-corrected chi connectivity index (χ3v) is 4.74. The van der Waals surface area contributed by atoms with Crippen LogP contribution < -0.4 is 0 Å². The second kappa shape index (κ2) is 6.44. The quantitative estimate of drug-likeness (QED) is 0.479. The Kier molecular flexibility index (Phi) is 3.97. The van der Waals surface area contributed by atoms with Crippen LogP contribution in [0.2, 0.25) is 0 Å². The van der Waals surface area contributed by atoms with Gasteiger partial charge in [-0.1, -0.05) is 66.7 Å². The highest BCUT2D eigenvalue weighted by molar-refractivity contribution is 6.01. The van der Waals surface area contributed by atoms with Gasteiger partial charge in [0.15, 0.2) is 5.78 Å². The van der Waals surface area contributed by atoms with Crippen LogP contribution in [0.1, 0.15) is 21.8 Å². The molecule has 2 aromatic carbocycles. The van der Waals surface area contributed by atoms with E-state index in [4.69, 9.17) is 0 Å². The molecule has 128 valence electrons. The van der Waals surface area contributed by atoms with Crippen molar-refractivity contribution >= 4 is 5.78 Å². The van der Waals surface area contributed by atoms with Crippen molar-refractivity contribution in [2.24, 2.45) is 0 Å². The molecule has 2 unspecified atom stereocenters. The monoisotopic (exact) mass is 344 g/mol. The molecule has 0 N–H and O–H groups in total. The number of carbonyl (C=O) groups excluding carboxylic acids is 1. The molecule has 0 bridgehead atoms. The predicted molar refractivity (Wildman–Crippen MR) is 97.9 cm³/mol. The molecule has 0 saturated heterocycles. The van der Waals surface area contributed by atoms with Crippen LogP contribution in [0, 0.1) is 10.1 Å². The van der Waals surface area contributed by atoms with Gasteiger partial charge < -0.3 is 4.90 Å². The number of nitrogens with zero attached hydrogens (tertiary/aromatic N) is 2. The summed E-state index contributed by atoms with van der Waals surface area (Å²) in [5.74, 6) is -0.768. The number of ketones is 1. The lowest BCUT2D eigenvalue weighted by Crippen LogP contribution is -2.37. The molecule has 2 aliphatic heterocycles. The number of benzene rings is 2. The Hall–Kier alpha value is -3.47. The average molecular weight is 344 g/mol. The van der Waals surface area contributed by atoms with Crippen LogP contribution in [0.15, 0.2) is 96.5 Å². The zero-order valence-corrected chi connectivity index (χ0v) is 13.9. The third kappa shape index (κ3) is 2.54. The Balaban J connectivity index is 1.89. The van der Waals surface area contributed by atoms with Gasteiger partial charge in [0, 0.05) is 11.8 Å². The number of carbonyl (C=O) groups is 1. The minimum absolute atomic E-state index is 0.0612. The smallest absolute Gasteiger partial charge is 0.279 e. The van der Waals surface area contributed by atoms with E-state index in [1.807, 2.05) is 36.4 Å². The van der Waals surface area contributed by atoms with Crippen LogP contribution in [0.3, 0.4) is 0 Å². The fraction of sp³-hybridized carbons (Fsp3) is 0.0952. The molecule has 0 radical (unpaired) electrons. The minimum Gasteiger partial charge on any atom is -0.331 e. The lowest BCUT2D eigenvalue weighted by Gasteiger charge is -2.27. The highest BCUT2D eigenvalue weighted by Gasteiger charge is 2.50. The van der Waals surface area contributed by atoms with E-state index in [1.54, 1.807) is 53.6 Å². The SMILES string of the molecule is O=C(c1ccccc1)C1C(c2ccccc2)C([N+](=O)[O-])=C2C=CC=CN21.